The van der Waals surface area contributed by atoms with Crippen LogP contribution in [0.25, 0.3) is 0 Å². The summed E-state index contributed by atoms with van der Waals surface area (Å²) < 4.78 is 0. The van der Waals surface area contributed by atoms with Crippen molar-refractivity contribution in [1.29, 1.82) is 0 Å². The van der Waals surface area contributed by atoms with Gasteiger partial charge in [-0.05, 0) is 50.8 Å². The SMILES string of the molecule is C#CCNCC(C)N1CCC(Cc2ccccc2)CC1. The van der Waals surface area contributed by atoms with Gasteiger partial charge in [0, 0.05) is 12.6 Å². The summed E-state index contributed by atoms with van der Waals surface area (Å²) in [6.45, 7) is 6.40. The molecule has 1 N–H and O–H groups in total. The first-order valence-corrected chi connectivity index (χ1v) is 7.71. The molecule has 2 heteroatoms. The van der Waals surface area contributed by atoms with Crippen LogP contribution in [-0.4, -0.2) is 37.1 Å². The van der Waals surface area contributed by atoms with Gasteiger partial charge in [-0.1, -0.05) is 36.3 Å². The minimum atomic E-state index is 0.584. The number of terminal acetylenes is 1. The third-order valence-corrected chi connectivity index (χ3v) is 4.31. The van der Waals surface area contributed by atoms with Crippen molar-refractivity contribution in [2.75, 3.05) is 26.2 Å². The van der Waals surface area contributed by atoms with E-state index in [1.165, 1.54) is 37.9 Å². The number of piperidine rings is 1. The fourth-order valence-electron chi connectivity index (χ4n) is 3.03. The molecule has 0 bridgehead atoms. The topological polar surface area (TPSA) is 15.3 Å². The molecule has 0 saturated carbocycles. The standard InChI is InChI=1S/C18H26N2/c1-3-11-19-15-16(2)20-12-9-18(10-13-20)14-17-7-5-4-6-8-17/h1,4-8,16,18-19H,9-15H2,2H3. The molecule has 1 atom stereocenters. The van der Waals surface area contributed by atoms with E-state index in [1.807, 2.05) is 0 Å². The molecular weight excluding hydrogens is 244 g/mol. The molecule has 1 saturated heterocycles. The van der Waals surface area contributed by atoms with Crippen molar-refractivity contribution in [2.45, 2.75) is 32.2 Å². The third-order valence-electron chi connectivity index (χ3n) is 4.31. The summed E-state index contributed by atoms with van der Waals surface area (Å²) in [6.07, 6.45) is 9.12. The van der Waals surface area contributed by atoms with Crippen LogP contribution in [0.15, 0.2) is 30.3 Å². The second-order valence-electron chi connectivity index (χ2n) is 5.85. The number of hydrogen-bond donors (Lipinski definition) is 1. The lowest BCUT2D eigenvalue weighted by molar-refractivity contribution is 0.139. The quantitative estimate of drug-likeness (QED) is 0.631. The Balaban J connectivity index is 1.71. The lowest BCUT2D eigenvalue weighted by atomic mass is 9.89. The Labute approximate surface area is 123 Å². The van der Waals surface area contributed by atoms with Gasteiger partial charge in [0.25, 0.3) is 0 Å². The summed E-state index contributed by atoms with van der Waals surface area (Å²) in [5.74, 6) is 3.48. The highest BCUT2D eigenvalue weighted by atomic mass is 15.2. The molecule has 1 fully saturated rings. The monoisotopic (exact) mass is 270 g/mol. The fraction of sp³-hybridized carbons (Fsp3) is 0.556. The van der Waals surface area contributed by atoms with Crippen LogP contribution in [0.4, 0.5) is 0 Å². The zero-order valence-corrected chi connectivity index (χ0v) is 12.5. The molecule has 1 heterocycles. The van der Waals surface area contributed by atoms with Crippen molar-refractivity contribution in [3.8, 4) is 12.3 Å². The molecule has 1 unspecified atom stereocenters. The average Bonchev–Trinajstić information content (AvgIpc) is 2.49. The van der Waals surface area contributed by atoms with Crippen LogP contribution in [0.1, 0.15) is 25.3 Å². The van der Waals surface area contributed by atoms with Gasteiger partial charge in [-0.3, -0.25) is 4.90 Å². The highest BCUT2D eigenvalue weighted by Crippen LogP contribution is 2.22. The summed E-state index contributed by atoms with van der Waals surface area (Å²) in [6, 6.07) is 11.5. The van der Waals surface area contributed by atoms with Crippen molar-refractivity contribution < 1.29 is 0 Å². The van der Waals surface area contributed by atoms with Crippen LogP contribution in [0.5, 0.6) is 0 Å². The van der Waals surface area contributed by atoms with E-state index in [-0.39, 0.29) is 0 Å². The maximum atomic E-state index is 5.26. The fourth-order valence-corrected chi connectivity index (χ4v) is 3.03. The van der Waals surface area contributed by atoms with Gasteiger partial charge < -0.3 is 5.32 Å². The van der Waals surface area contributed by atoms with Crippen molar-refractivity contribution in [3.63, 3.8) is 0 Å². The van der Waals surface area contributed by atoms with E-state index in [1.54, 1.807) is 0 Å². The molecule has 0 amide bonds. The zero-order valence-electron chi connectivity index (χ0n) is 12.5. The molecule has 20 heavy (non-hydrogen) atoms. The minimum absolute atomic E-state index is 0.584. The first-order valence-electron chi connectivity index (χ1n) is 7.71. The average molecular weight is 270 g/mol. The number of hydrogen-bond acceptors (Lipinski definition) is 2. The van der Waals surface area contributed by atoms with Crippen LogP contribution in [0, 0.1) is 18.3 Å². The van der Waals surface area contributed by atoms with E-state index >= 15 is 0 Å². The predicted octanol–water partition coefficient (Wildman–Crippen LogP) is 2.55. The van der Waals surface area contributed by atoms with Gasteiger partial charge in [-0.2, -0.15) is 0 Å². The Morgan fingerprint density at radius 1 is 1.30 bits per heavy atom. The lowest BCUT2D eigenvalue weighted by Gasteiger charge is -2.36. The second-order valence-corrected chi connectivity index (χ2v) is 5.85. The first kappa shape index (κ1) is 15.1. The normalized spacial score (nSPS) is 18.6. The summed E-state index contributed by atoms with van der Waals surface area (Å²) in [5.41, 5.74) is 1.48. The molecule has 1 aliphatic heterocycles. The van der Waals surface area contributed by atoms with Crippen molar-refractivity contribution in [3.05, 3.63) is 35.9 Å². The minimum Gasteiger partial charge on any atom is -0.305 e. The van der Waals surface area contributed by atoms with E-state index in [9.17, 15) is 0 Å². The second kappa shape index (κ2) is 8.09. The number of likely N-dealkylation sites (tertiary alicyclic amines) is 1. The lowest BCUT2D eigenvalue weighted by Crippen LogP contribution is -2.45. The molecule has 1 aromatic carbocycles. The van der Waals surface area contributed by atoms with Crippen LogP contribution in [0.2, 0.25) is 0 Å². The molecule has 0 aromatic heterocycles. The molecule has 2 rings (SSSR count). The molecule has 2 nitrogen and oxygen atoms in total. The summed E-state index contributed by atoms with van der Waals surface area (Å²) in [4.78, 5) is 2.59. The maximum Gasteiger partial charge on any atom is 0.0574 e. The van der Waals surface area contributed by atoms with E-state index < -0.39 is 0 Å². The summed E-state index contributed by atoms with van der Waals surface area (Å²) in [7, 11) is 0. The van der Waals surface area contributed by atoms with Crippen molar-refractivity contribution in [1.82, 2.24) is 10.2 Å². The van der Waals surface area contributed by atoms with E-state index in [0.29, 0.717) is 12.6 Å². The van der Waals surface area contributed by atoms with Gasteiger partial charge in [0.15, 0.2) is 0 Å². The Morgan fingerprint density at radius 2 is 2.00 bits per heavy atom. The molecule has 0 radical (unpaired) electrons. The first-order chi connectivity index (χ1) is 9.79. The van der Waals surface area contributed by atoms with Gasteiger partial charge >= 0.3 is 0 Å². The van der Waals surface area contributed by atoms with Gasteiger partial charge in [0.2, 0.25) is 0 Å². The number of nitrogens with one attached hydrogen (secondary N) is 1. The highest BCUT2D eigenvalue weighted by molar-refractivity contribution is 5.15. The van der Waals surface area contributed by atoms with Gasteiger partial charge in [-0.15, -0.1) is 6.42 Å². The Morgan fingerprint density at radius 3 is 2.65 bits per heavy atom. The van der Waals surface area contributed by atoms with E-state index in [4.69, 9.17) is 6.42 Å². The van der Waals surface area contributed by atoms with Crippen molar-refractivity contribution >= 4 is 0 Å². The molecule has 0 spiro atoms. The Kier molecular flexibility index (Phi) is 6.11. The van der Waals surface area contributed by atoms with E-state index in [2.05, 4.69) is 53.4 Å². The van der Waals surface area contributed by atoms with Crippen LogP contribution < -0.4 is 5.32 Å². The Bertz CT molecular complexity index is 413. The predicted molar refractivity (Wildman–Crippen MR) is 85.6 cm³/mol. The molecule has 1 aliphatic rings. The Hall–Kier alpha value is -1.30. The molecule has 108 valence electrons. The van der Waals surface area contributed by atoms with Gasteiger partial charge in [0.1, 0.15) is 0 Å². The third kappa shape index (κ3) is 4.67. The van der Waals surface area contributed by atoms with Gasteiger partial charge in [-0.25, -0.2) is 0 Å². The van der Waals surface area contributed by atoms with E-state index in [0.717, 1.165) is 12.5 Å². The summed E-state index contributed by atoms with van der Waals surface area (Å²) in [5, 5.41) is 3.31. The zero-order chi connectivity index (χ0) is 14.2. The number of benzene rings is 1. The molecular formula is C18H26N2. The smallest absolute Gasteiger partial charge is 0.0574 e. The van der Waals surface area contributed by atoms with Gasteiger partial charge in [0.05, 0.1) is 6.54 Å². The number of nitrogens with zero attached hydrogens (tertiary/aromatic N) is 1. The summed E-state index contributed by atoms with van der Waals surface area (Å²) >= 11 is 0. The number of rotatable bonds is 6. The molecule has 0 aliphatic carbocycles. The highest BCUT2D eigenvalue weighted by Gasteiger charge is 2.22. The van der Waals surface area contributed by atoms with Crippen LogP contribution in [-0.2, 0) is 6.42 Å². The largest absolute Gasteiger partial charge is 0.305 e. The van der Waals surface area contributed by atoms with Crippen molar-refractivity contribution in [2.24, 2.45) is 5.92 Å². The molecule has 1 aromatic rings. The maximum absolute atomic E-state index is 5.26. The van der Waals surface area contributed by atoms with Crippen LogP contribution in [0.3, 0.4) is 0 Å². The van der Waals surface area contributed by atoms with Crippen LogP contribution >= 0.6 is 0 Å².